The fourth-order valence-electron chi connectivity index (χ4n) is 1.56. The molecule has 0 spiro atoms. The highest BCUT2D eigenvalue weighted by molar-refractivity contribution is 5.77. The first kappa shape index (κ1) is 14.6. The lowest BCUT2D eigenvalue weighted by Gasteiger charge is -2.31. The predicted octanol–water partition coefficient (Wildman–Crippen LogP) is 1.46. The molecule has 1 saturated heterocycles. The lowest BCUT2D eigenvalue weighted by atomic mass is 10.2. The van der Waals surface area contributed by atoms with Gasteiger partial charge in [0.05, 0.1) is 7.11 Å². The van der Waals surface area contributed by atoms with E-state index in [9.17, 15) is 9.59 Å². The molecule has 3 amide bonds. The maximum atomic E-state index is 11.9. The summed E-state index contributed by atoms with van der Waals surface area (Å²) in [4.78, 5) is 28.7. The van der Waals surface area contributed by atoms with Crippen molar-refractivity contribution in [2.45, 2.75) is 32.8 Å². The molecule has 1 heterocycles. The number of amides is 3. The summed E-state index contributed by atoms with van der Waals surface area (Å²) in [5.74, 6) is 0. The van der Waals surface area contributed by atoms with Crippen molar-refractivity contribution in [3.8, 4) is 0 Å². The van der Waals surface area contributed by atoms with Gasteiger partial charge in [0.15, 0.2) is 0 Å². The molecule has 0 bridgehead atoms. The smallest absolute Gasteiger partial charge is 0.429 e. The van der Waals surface area contributed by atoms with Gasteiger partial charge in [-0.25, -0.2) is 24.7 Å². The standard InChI is InChI=1S/C11H21N3O4/c1-11(2,3)18-10(16)14-8-6-7-13(14)9(15)12(4)17-5/h6-8H2,1-5H3. The van der Waals surface area contributed by atoms with E-state index in [0.717, 1.165) is 11.5 Å². The first-order chi connectivity index (χ1) is 8.26. The van der Waals surface area contributed by atoms with Gasteiger partial charge in [-0.2, -0.15) is 0 Å². The van der Waals surface area contributed by atoms with Crippen molar-refractivity contribution < 1.29 is 19.2 Å². The molecule has 18 heavy (non-hydrogen) atoms. The predicted molar refractivity (Wildman–Crippen MR) is 64.4 cm³/mol. The van der Waals surface area contributed by atoms with Crippen LogP contribution in [0.3, 0.4) is 0 Å². The minimum absolute atomic E-state index is 0.388. The molecular weight excluding hydrogens is 238 g/mol. The van der Waals surface area contributed by atoms with Gasteiger partial charge in [-0.1, -0.05) is 0 Å². The van der Waals surface area contributed by atoms with Gasteiger partial charge in [0.2, 0.25) is 0 Å². The summed E-state index contributed by atoms with van der Waals surface area (Å²) in [6, 6.07) is -0.388. The summed E-state index contributed by atoms with van der Waals surface area (Å²) in [5.41, 5.74) is -0.582. The van der Waals surface area contributed by atoms with Crippen molar-refractivity contribution in [1.82, 2.24) is 15.1 Å². The number of hydrogen-bond donors (Lipinski definition) is 0. The second-order valence-electron chi connectivity index (χ2n) is 5.04. The topological polar surface area (TPSA) is 62.3 Å². The molecule has 1 aliphatic heterocycles. The van der Waals surface area contributed by atoms with Crippen molar-refractivity contribution in [2.75, 3.05) is 27.2 Å². The maximum absolute atomic E-state index is 11.9. The molecule has 7 nitrogen and oxygen atoms in total. The Morgan fingerprint density at radius 3 is 2.22 bits per heavy atom. The van der Waals surface area contributed by atoms with Crippen LogP contribution in [0.25, 0.3) is 0 Å². The van der Waals surface area contributed by atoms with E-state index in [2.05, 4.69) is 0 Å². The van der Waals surface area contributed by atoms with E-state index in [1.54, 1.807) is 20.8 Å². The first-order valence-electron chi connectivity index (χ1n) is 5.86. The average molecular weight is 259 g/mol. The summed E-state index contributed by atoms with van der Waals surface area (Å²) in [6.07, 6.45) is 0.209. The summed E-state index contributed by atoms with van der Waals surface area (Å²) in [6.45, 7) is 6.31. The minimum atomic E-state index is -0.582. The van der Waals surface area contributed by atoms with Crippen molar-refractivity contribution in [3.05, 3.63) is 0 Å². The van der Waals surface area contributed by atoms with Gasteiger partial charge in [0.1, 0.15) is 5.60 Å². The van der Waals surface area contributed by atoms with Crippen LogP contribution in [0.15, 0.2) is 0 Å². The Bertz CT molecular complexity index is 327. The molecular formula is C11H21N3O4. The van der Waals surface area contributed by atoms with Gasteiger partial charge in [-0.05, 0) is 27.2 Å². The Morgan fingerprint density at radius 1 is 1.17 bits per heavy atom. The second kappa shape index (κ2) is 5.43. The summed E-state index contributed by atoms with van der Waals surface area (Å²) in [7, 11) is 2.89. The molecule has 104 valence electrons. The third kappa shape index (κ3) is 3.49. The highest BCUT2D eigenvalue weighted by Gasteiger charge is 2.35. The number of ether oxygens (including phenoxy) is 1. The molecule has 0 aromatic carbocycles. The molecule has 1 aliphatic rings. The monoisotopic (exact) mass is 259 g/mol. The summed E-state index contributed by atoms with van der Waals surface area (Å²) in [5, 5.41) is 3.71. The fraction of sp³-hybridized carbons (Fsp3) is 0.818. The molecule has 0 aromatic rings. The van der Waals surface area contributed by atoms with Crippen LogP contribution < -0.4 is 0 Å². The molecule has 1 rings (SSSR count). The zero-order valence-electron chi connectivity index (χ0n) is 11.6. The van der Waals surface area contributed by atoms with Crippen LogP contribution in [0, 0.1) is 0 Å². The van der Waals surface area contributed by atoms with E-state index in [4.69, 9.17) is 9.57 Å². The van der Waals surface area contributed by atoms with Crippen LogP contribution in [0.1, 0.15) is 27.2 Å². The Hall–Kier alpha value is -1.50. The number of nitrogens with zero attached hydrogens (tertiary/aromatic N) is 3. The molecule has 0 aliphatic carbocycles. The SMILES string of the molecule is CON(C)C(=O)N1CCCN1C(=O)OC(C)(C)C. The van der Waals surface area contributed by atoms with Crippen LogP contribution in [0.5, 0.6) is 0 Å². The zero-order chi connectivity index (χ0) is 13.9. The van der Waals surface area contributed by atoms with Crippen molar-refractivity contribution in [1.29, 1.82) is 0 Å². The normalized spacial score (nSPS) is 15.8. The highest BCUT2D eigenvalue weighted by atomic mass is 16.7. The van der Waals surface area contributed by atoms with Crippen LogP contribution in [0.4, 0.5) is 9.59 Å². The molecule has 1 fully saturated rings. The number of hydrogen-bond acceptors (Lipinski definition) is 4. The average Bonchev–Trinajstić information content (AvgIpc) is 2.73. The van der Waals surface area contributed by atoms with Gasteiger partial charge in [0, 0.05) is 20.1 Å². The van der Waals surface area contributed by atoms with Gasteiger partial charge < -0.3 is 4.74 Å². The van der Waals surface area contributed by atoms with Crippen molar-refractivity contribution in [2.24, 2.45) is 0 Å². The van der Waals surface area contributed by atoms with E-state index >= 15 is 0 Å². The van der Waals surface area contributed by atoms with Crippen LogP contribution in [0.2, 0.25) is 0 Å². The van der Waals surface area contributed by atoms with E-state index in [-0.39, 0.29) is 6.03 Å². The first-order valence-corrected chi connectivity index (χ1v) is 5.86. The highest BCUT2D eigenvalue weighted by Crippen LogP contribution is 2.17. The molecule has 0 atom stereocenters. The Morgan fingerprint density at radius 2 is 1.72 bits per heavy atom. The lowest BCUT2D eigenvalue weighted by molar-refractivity contribution is -0.0935. The maximum Gasteiger partial charge on any atom is 0.429 e. The molecule has 0 unspecified atom stereocenters. The fourth-order valence-corrected chi connectivity index (χ4v) is 1.56. The molecule has 0 aromatic heterocycles. The van der Waals surface area contributed by atoms with Gasteiger partial charge >= 0.3 is 12.1 Å². The minimum Gasteiger partial charge on any atom is -0.442 e. The van der Waals surface area contributed by atoms with E-state index in [0.29, 0.717) is 13.1 Å². The van der Waals surface area contributed by atoms with Crippen LogP contribution in [-0.4, -0.2) is 60.1 Å². The van der Waals surface area contributed by atoms with E-state index in [1.807, 2.05) is 0 Å². The lowest BCUT2D eigenvalue weighted by Crippen LogP contribution is -2.50. The van der Waals surface area contributed by atoms with Gasteiger partial charge in [-0.3, -0.25) is 4.84 Å². The largest absolute Gasteiger partial charge is 0.442 e. The number of carbonyl (C=O) groups excluding carboxylic acids is 2. The quantitative estimate of drug-likeness (QED) is 0.669. The summed E-state index contributed by atoms with van der Waals surface area (Å²) < 4.78 is 5.25. The van der Waals surface area contributed by atoms with Crippen LogP contribution in [-0.2, 0) is 9.57 Å². The third-order valence-corrected chi connectivity index (χ3v) is 2.40. The van der Waals surface area contributed by atoms with Gasteiger partial charge in [0.25, 0.3) is 0 Å². The van der Waals surface area contributed by atoms with Crippen LogP contribution >= 0.6 is 0 Å². The number of carbonyl (C=O) groups is 2. The Kier molecular flexibility index (Phi) is 4.39. The number of hydrazine groups is 1. The van der Waals surface area contributed by atoms with E-state index in [1.165, 1.54) is 24.2 Å². The Labute approximate surface area is 107 Å². The zero-order valence-corrected chi connectivity index (χ0v) is 11.6. The molecule has 7 heteroatoms. The van der Waals surface area contributed by atoms with Crippen molar-refractivity contribution in [3.63, 3.8) is 0 Å². The number of rotatable bonds is 1. The third-order valence-electron chi connectivity index (χ3n) is 2.40. The van der Waals surface area contributed by atoms with Gasteiger partial charge in [-0.15, -0.1) is 0 Å². The Balaban J connectivity index is 2.70. The van der Waals surface area contributed by atoms with Crippen molar-refractivity contribution >= 4 is 12.1 Å². The molecule has 0 radical (unpaired) electrons. The second-order valence-corrected chi connectivity index (χ2v) is 5.04. The number of urea groups is 1. The molecule has 0 N–H and O–H groups in total. The molecule has 0 saturated carbocycles. The number of hydroxylamine groups is 2. The van der Waals surface area contributed by atoms with E-state index < -0.39 is 11.7 Å². The summed E-state index contributed by atoms with van der Waals surface area (Å²) >= 11 is 0.